The van der Waals surface area contributed by atoms with E-state index in [2.05, 4.69) is 11.8 Å². The molecule has 0 saturated carbocycles. The molecule has 0 aromatic heterocycles. The van der Waals surface area contributed by atoms with Crippen molar-refractivity contribution in [1.29, 1.82) is 0 Å². The zero-order valence-electron chi connectivity index (χ0n) is 22.4. The minimum atomic E-state index is -5.23. The van der Waals surface area contributed by atoms with Gasteiger partial charge in [-0.2, -0.15) is 52.7 Å². The minimum absolute atomic E-state index is 0.154. The van der Waals surface area contributed by atoms with E-state index in [1.807, 2.05) is 0 Å². The van der Waals surface area contributed by atoms with Gasteiger partial charge in [-0.05, 0) is 60.7 Å². The molecule has 0 radical (unpaired) electrons. The summed E-state index contributed by atoms with van der Waals surface area (Å²) in [5, 5.41) is 0. The maximum atomic E-state index is 13.3. The molecule has 0 N–H and O–H groups in total. The lowest BCUT2D eigenvalue weighted by Gasteiger charge is -2.14. The number of carbonyl (C=O) groups excluding carboxylic acids is 2. The van der Waals surface area contributed by atoms with E-state index in [1.54, 1.807) is 0 Å². The number of benzene rings is 4. The highest BCUT2D eigenvalue weighted by atomic mass is 19.4. The van der Waals surface area contributed by atoms with Crippen LogP contribution in [0.2, 0.25) is 0 Å². The molecule has 0 heterocycles. The second-order valence-corrected chi connectivity index (χ2v) is 9.59. The standard InChI is InChI=1S/C32H14F12O2/c33-29(34,35)21-11-19(12-22(15-21)30(36,37)38)27(45)25-7-3-1-5-17(25)9-10-18-6-2-4-8-26(18)28(46)20-13-23(31(39,40)41)16-24(14-20)32(42,43)44/h1-8,11-16H. The van der Waals surface area contributed by atoms with Gasteiger partial charge in [-0.25, -0.2) is 0 Å². The Morgan fingerprint density at radius 1 is 0.413 bits per heavy atom. The van der Waals surface area contributed by atoms with Crippen LogP contribution in [0.1, 0.15) is 65.2 Å². The molecule has 0 aliphatic heterocycles. The first-order valence-corrected chi connectivity index (χ1v) is 12.5. The third-order valence-corrected chi connectivity index (χ3v) is 6.37. The lowest BCUT2D eigenvalue weighted by molar-refractivity contribution is -0.144. The van der Waals surface area contributed by atoms with Gasteiger partial charge in [-0.15, -0.1) is 0 Å². The van der Waals surface area contributed by atoms with Crippen LogP contribution in [0.5, 0.6) is 0 Å². The second-order valence-electron chi connectivity index (χ2n) is 9.59. The molecule has 238 valence electrons. The number of ketones is 2. The topological polar surface area (TPSA) is 34.1 Å². The molecule has 0 bridgehead atoms. The predicted octanol–water partition coefficient (Wildman–Crippen LogP) is 9.62. The van der Waals surface area contributed by atoms with Gasteiger partial charge >= 0.3 is 24.7 Å². The van der Waals surface area contributed by atoms with E-state index in [1.165, 1.54) is 36.4 Å². The van der Waals surface area contributed by atoms with Crippen LogP contribution in [0.3, 0.4) is 0 Å². The maximum absolute atomic E-state index is 13.3. The van der Waals surface area contributed by atoms with Gasteiger partial charge in [-0.1, -0.05) is 36.1 Å². The van der Waals surface area contributed by atoms with Gasteiger partial charge in [-0.3, -0.25) is 9.59 Å². The van der Waals surface area contributed by atoms with Crippen LogP contribution >= 0.6 is 0 Å². The van der Waals surface area contributed by atoms with Crippen molar-refractivity contribution >= 4 is 11.6 Å². The second kappa shape index (κ2) is 12.0. The Bertz CT molecular complexity index is 1680. The molecule has 46 heavy (non-hydrogen) atoms. The van der Waals surface area contributed by atoms with E-state index in [9.17, 15) is 62.3 Å². The predicted molar refractivity (Wildman–Crippen MR) is 139 cm³/mol. The number of carbonyl (C=O) groups is 2. The van der Waals surface area contributed by atoms with Crippen LogP contribution in [0.25, 0.3) is 0 Å². The third-order valence-electron chi connectivity index (χ3n) is 6.37. The first-order chi connectivity index (χ1) is 21.2. The maximum Gasteiger partial charge on any atom is 0.416 e. The highest BCUT2D eigenvalue weighted by Crippen LogP contribution is 2.38. The lowest BCUT2D eigenvalue weighted by atomic mass is 9.94. The number of alkyl halides is 12. The van der Waals surface area contributed by atoms with Gasteiger partial charge in [0.25, 0.3) is 0 Å². The quantitative estimate of drug-likeness (QED) is 0.124. The molecular weight excluding hydrogens is 644 g/mol. The lowest BCUT2D eigenvalue weighted by Crippen LogP contribution is -2.14. The molecule has 0 aliphatic rings. The molecule has 4 rings (SSSR count). The molecule has 0 saturated heterocycles. The van der Waals surface area contributed by atoms with E-state index >= 15 is 0 Å². The molecule has 0 aliphatic carbocycles. The van der Waals surface area contributed by atoms with Crippen molar-refractivity contribution < 1.29 is 62.3 Å². The molecule has 14 heteroatoms. The van der Waals surface area contributed by atoms with E-state index in [-0.39, 0.29) is 47.5 Å². The summed E-state index contributed by atoms with van der Waals surface area (Å²) in [6, 6.07) is 10.3. The normalized spacial score (nSPS) is 12.3. The van der Waals surface area contributed by atoms with Crippen LogP contribution in [-0.2, 0) is 24.7 Å². The summed E-state index contributed by atoms with van der Waals surface area (Å²) in [4.78, 5) is 26.4. The van der Waals surface area contributed by atoms with Gasteiger partial charge in [0.05, 0.1) is 22.3 Å². The Labute approximate surface area is 251 Å². The van der Waals surface area contributed by atoms with E-state index in [0.717, 1.165) is 12.1 Å². The zero-order valence-corrected chi connectivity index (χ0v) is 22.4. The molecule has 4 aromatic rings. The Morgan fingerprint density at radius 3 is 0.935 bits per heavy atom. The van der Waals surface area contributed by atoms with E-state index < -0.39 is 80.8 Å². The largest absolute Gasteiger partial charge is 0.416 e. The summed E-state index contributed by atoms with van der Waals surface area (Å²) in [6.45, 7) is 0. The van der Waals surface area contributed by atoms with Crippen LogP contribution in [-0.4, -0.2) is 11.6 Å². The van der Waals surface area contributed by atoms with Crippen molar-refractivity contribution in [3.8, 4) is 11.8 Å². The molecule has 0 amide bonds. The summed E-state index contributed by atoms with van der Waals surface area (Å²) in [5.41, 5.74) is -10.2. The van der Waals surface area contributed by atoms with Crippen LogP contribution in [0, 0.1) is 11.8 Å². The van der Waals surface area contributed by atoms with E-state index in [0.29, 0.717) is 0 Å². The molecule has 0 unspecified atom stereocenters. The Balaban J connectivity index is 1.79. The summed E-state index contributed by atoms with van der Waals surface area (Å²) in [7, 11) is 0. The fraction of sp³-hybridized carbons (Fsp3) is 0.125. The molecule has 4 aromatic carbocycles. The van der Waals surface area contributed by atoms with Crippen molar-refractivity contribution in [3.05, 3.63) is 141 Å². The zero-order chi connectivity index (χ0) is 34.2. The van der Waals surface area contributed by atoms with Crippen molar-refractivity contribution in [3.63, 3.8) is 0 Å². The molecular formula is C32H14F12O2. The summed E-state index contributed by atoms with van der Waals surface area (Å²) in [5.74, 6) is 2.38. The van der Waals surface area contributed by atoms with Crippen molar-refractivity contribution in [1.82, 2.24) is 0 Å². The van der Waals surface area contributed by atoms with Gasteiger partial charge in [0.1, 0.15) is 0 Å². The first kappa shape index (κ1) is 33.8. The van der Waals surface area contributed by atoms with Gasteiger partial charge in [0.15, 0.2) is 11.6 Å². The average molecular weight is 658 g/mol. The van der Waals surface area contributed by atoms with E-state index in [4.69, 9.17) is 0 Å². The first-order valence-electron chi connectivity index (χ1n) is 12.5. The fourth-order valence-electron chi connectivity index (χ4n) is 4.20. The monoisotopic (exact) mass is 658 g/mol. The highest BCUT2D eigenvalue weighted by molar-refractivity contribution is 6.11. The smallest absolute Gasteiger partial charge is 0.289 e. The summed E-state index contributed by atoms with van der Waals surface area (Å²) >= 11 is 0. The van der Waals surface area contributed by atoms with Crippen LogP contribution < -0.4 is 0 Å². The molecule has 0 atom stereocenters. The third kappa shape index (κ3) is 7.59. The van der Waals surface area contributed by atoms with Gasteiger partial charge < -0.3 is 0 Å². The summed E-state index contributed by atoms with van der Waals surface area (Å²) in [6.07, 6.45) is -20.9. The SMILES string of the molecule is O=C(c1cc(C(F)(F)F)cc(C(F)(F)F)c1)c1ccccc1C#Cc1ccccc1C(=O)c1cc(C(F)(F)F)cc(C(F)(F)F)c1. The Kier molecular flexibility index (Phi) is 8.85. The van der Waals surface area contributed by atoms with Crippen LogP contribution in [0.15, 0.2) is 84.9 Å². The van der Waals surface area contributed by atoms with Crippen molar-refractivity contribution in [2.45, 2.75) is 24.7 Å². The molecule has 2 nitrogen and oxygen atoms in total. The molecule has 0 spiro atoms. The minimum Gasteiger partial charge on any atom is -0.289 e. The van der Waals surface area contributed by atoms with Crippen molar-refractivity contribution in [2.75, 3.05) is 0 Å². The number of rotatable bonds is 4. The Morgan fingerprint density at radius 2 is 0.674 bits per heavy atom. The van der Waals surface area contributed by atoms with Gasteiger partial charge in [0.2, 0.25) is 0 Å². The number of hydrogen-bond donors (Lipinski definition) is 0. The summed E-state index contributed by atoms with van der Waals surface area (Å²) < 4.78 is 160. The number of halogens is 12. The number of hydrogen-bond acceptors (Lipinski definition) is 2. The highest BCUT2D eigenvalue weighted by Gasteiger charge is 2.39. The van der Waals surface area contributed by atoms with Crippen LogP contribution in [0.4, 0.5) is 52.7 Å². The Hall–Kier alpha value is -5.06. The van der Waals surface area contributed by atoms with Crippen molar-refractivity contribution in [2.24, 2.45) is 0 Å². The van der Waals surface area contributed by atoms with Gasteiger partial charge in [0, 0.05) is 33.4 Å². The average Bonchev–Trinajstić information content (AvgIpc) is 2.97. The fourth-order valence-corrected chi connectivity index (χ4v) is 4.20. The molecule has 0 fully saturated rings.